The molecule has 0 bridgehead atoms. The molecule has 0 atom stereocenters. The van der Waals surface area contributed by atoms with E-state index in [1.165, 1.54) is 44.2 Å². The van der Waals surface area contributed by atoms with Crippen molar-refractivity contribution in [3.63, 3.8) is 0 Å². The van der Waals surface area contributed by atoms with Crippen LogP contribution in [0.4, 0.5) is 0 Å². The Bertz CT molecular complexity index is 2490. The SMILES string of the molecule is CC1(C)c2cc3ccccc3cc2-c2c(-c3ccccc3)nc(-c3cccc(-c4cccc(-c5ccc(-c6ccccc6)cc5)c4)c3)nc21. The number of fused-ring (bicyclic) bond motifs is 4. The van der Waals surface area contributed by atoms with Gasteiger partial charge in [0, 0.05) is 22.1 Å². The van der Waals surface area contributed by atoms with E-state index >= 15 is 0 Å². The fraction of sp³-hybridized carbons (Fsp3) is 0.0638. The highest BCUT2D eigenvalue weighted by atomic mass is 14.9. The molecule has 1 aliphatic rings. The van der Waals surface area contributed by atoms with Crippen molar-refractivity contribution in [2.75, 3.05) is 0 Å². The number of nitrogens with zero attached hydrogens (tertiary/aromatic N) is 2. The second-order valence-electron chi connectivity index (χ2n) is 13.5. The highest BCUT2D eigenvalue weighted by molar-refractivity contribution is 5.97. The quantitative estimate of drug-likeness (QED) is 0.190. The summed E-state index contributed by atoms with van der Waals surface area (Å²) in [5.41, 5.74) is 14.7. The Labute approximate surface area is 287 Å². The zero-order chi connectivity index (χ0) is 33.0. The highest BCUT2D eigenvalue weighted by Gasteiger charge is 2.40. The molecule has 0 N–H and O–H groups in total. The van der Waals surface area contributed by atoms with E-state index in [0.29, 0.717) is 0 Å². The summed E-state index contributed by atoms with van der Waals surface area (Å²) in [7, 11) is 0. The molecule has 2 nitrogen and oxygen atoms in total. The molecule has 1 aromatic heterocycles. The standard InChI is InChI=1S/C47H34N2/c1-47(2)42-30-39-18-10-9-17-38(39)29-41(42)43-44(34-15-7-4-8-16-34)48-46(49-45(43)47)40-22-12-21-37(28-40)36-20-11-19-35(27-36)33-25-23-32(24-26-33)31-13-5-3-6-14-31/h3-30H,1-2H3. The van der Waals surface area contributed by atoms with Crippen LogP contribution < -0.4 is 0 Å². The molecule has 0 radical (unpaired) electrons. The molecular formula is C47H34N2. The van der Waals surface area contributed by atoms with E-state index in [0.717, 1.165) is 45.0 Å². The topological polar surface area (TPSA) is 25.8 Å². The molecular weight excluding hydrogens is 593 g/mol. The average Bonchev–Trinajstić information content (AvgIpc) is 3.39. The van der Waals surface area contributed by atoms with Crippen molar-refractivity contribution in [1.29, 1.82) is 0 Å². The zero-order valence-electron chi connectivity index (χ0n) is 27.6. The van der Waals surface area contributed by atoms with Gasteiger partial charge in [-0.15, -0.1) is 0 Å². The van der Waals surface area contributed by atoms with Gasteiger partial charge in [0.1, 0.15) is 0 Å². The number of rotatable bonds is 5. The van der Waals surface area contributed by atoms with Crippen molar-refractivity contribution in [2.24, 2.45) is 0 Å². The largest absolute Gasteiger partial charge is 0.231 e. The fourth-order valence-electron chi connectivity index (χ4n) is 7.40. The van der Waals surface area contributed by atoms with Gasteiger partial charge in [-0.2, -0.15) is 0 Å². The van der Waals surface area contributed by atoms with Gasteiger partial charge in [-0.05, 0) is 79.5 Å². The Kier molecular flexibility index (Phi) is 6.84. The minimum absolute atomic E-state index is 0.280. The summed E-state index contributed by atoms with van der Waals surface area (Å²) in [5, 5.41) is 2.48. The molecule has 0 spiro atoms. The highest BCUT2D eigenvalue weighted by Crippen LogP contribution is 2.52. The number of benzene rings is 7. The average molecular weight is 627 g/mol. The van der Waals surface area contributed by atoms with Gasteiger partial charge in [-0.25, -0.2) is 9.97 Å². The molecule has 9 rings (SSSR count). The lowest BCUT2D eigenvalue weighted by Gasteiger charge is -2.21. The molecule has 1 aliphatic carbocycles. The van der Waals surface area contributed by atoms with Crippen LogP contribution in [0, 0.1) is 0 Å². The number of hydrogen-bond donors (Lipinski definition) is 0. The summed E-state index contributed by atoms with van der Waals surface area (Å²) in [6, 6.07) is 60.7. The molecule has 0 unspecified atom stereocenters. The van der Waals surface area contributed by atoms with Crippen LogP contribution in [0.3, 0.4) is 0 Å². The van der Waals surface area contributed by atoms with Crippen LogP contribution >= 0.6 is 0 Å². The molecule has 2 heteroatoms. The predicted octanol–water partition coefficient (Wildman–Crippen LogP) is 12.3. The number of hydrogen-bond acceptors (Lipinski definition) is 2. The molecule has 232 valence electrons. The Morgan fingerprint density at radius 1 is 0.388 bits per heavy atom. The van der Waals surface area contributed by atoms with Crippen molar-refractivity contribution in [3.05, 3.63) is 181 Å². The predicted molar refractivity (Wildman–Crippen MR) is 204 cm³/mol. The van der Waals surface area contributed by atoms with Gasteiger partial charge in [-0.1, -0.05) is 159 Å². The van der Waals surface area contributed by atoms with Crippen molar-refractivity contribution in [3.8, 4) is 67.2 Å². The van der Waals surface area contributed by atoms with E-state index in [9.17, 15) is 0 Å². The summed E-state index contributed by atoms with van der Waals surface area (Å²) in [6.45, 7) is 4.60. The lowest BCUT2D eigenvalue weighted by Crippen LogP contribution is -2.17. The minimum Gasteiger partial charge on any atom is -0.231 e. The van der Waals surface area contributed by atoms with E-state index in [1.54, 1.807) is 0 Å². The van der Waals surface area contributed by atoms with Gasteiger partial charge in [0.15, 0.2) is 5.82 Å². The maximum absolute atomic E-state index is 5.39. The first-order valence-corrected chi connectivity index (χ1v) is 16.9. The third-order valence-electron chi connectivity index (χ3n) is 10.0. The van der Waals surface area contributed by atoms with Crippen molar-refractivity contribution in [1.82, 2.24) is 9.97 Å². The lowest BCUT2D eigenvalue weighted by atomic mass is 9.84. The lowest BCUT2D eigenvalue weighted by molar-refractivity contribution is 0.637. The zero-order valence-corrected chi connectivity index (χ0v) is 27.6. The van der Waals surface area contributed by atoms with Gasteiger partial charge in [0.05, 0.1) is 11.4 Å². The van der Waals surface area contributed by atoms with Crippen LogP contribution in [0.2, 0.25) is 0 Å². The molecule has 0 saturated carbocycles. The van der Waals surface area contributed by atoms with Gasteiger partial charge >= 0.3 is 0 Å². The van der Waals surface area contributed by atoms with Crippen LogP contribution in [-0.2, 0) is 5.41 Å². The van der Waals surface area contributed by atoms with E-state index in [-0.39, 0.29) is 5.41 Å². The summed E-state index contributed by atoms with van der Waals surface area (Å²) in [5.74, 6) is 0.748. The third-order valence-corrected chi connectivity index (χ3v) is 10.0. The van der Waals surface area contributed by atoms with Gasteiger partial charge in [0.25, 0.3) is 0 Å². The first-order chi connectivity index (χ1) is 24.0. The van der Waals surface area contributed by atoms with E-state index in [1.807, 2.05) is 0 Å². The second kappa shape index (κ2) is 11.5. The third kappa shape index (κ3) is 5.05. The summed E-state index contributed by atoms with van der Waals surface area (Å²) < 4.78 is 0. The Balaban J connectivity index is 1.14. The molecule has 8 aromatic rings. The van der Waals surface area contributed by atoms with E-state index in [4.69, 9.17) is 9.97 Å². The summed E-state index contributed by atoms with van der Waals surface area (Å²) in [4.78, 5) is 10.7. The molecule has 49 heavy (non-hydrogen) atoms. The van der Waals surface area contributed by atoms with E-state index in [2.05, 4.69) is 184 Å². The van der Waals surface area contributed by atoms with E-state index < -0.39 is 0 Å². The van der Waals surface area contributed by atoms with Crippen molar-refractivity contribution in [2.45, 2.75) is 19.3 Å². The Morgan fingerprint density at radius 3 is 1.51 bits per heavy atom. The molecule has 0 amide bonds. The molecule has 0 aliphatic heterocycles. The van der Waals surface area contributed by atoms with Crippen LogP contribution in [0.25, 0.3) is 77.9 Å². The maximum Gasteiger partial charge on any atom is 0.160 e. The van der Waals surface area contributed by atoms with Gasteiger partial charge in [-0.3, -0.25) is 0 Å². The summed E-state index contributed by atoms with van der Waals surface area (Å²) in [6.07, 6.45) is 0. The smallest absolute Gasteiger partial charge is 0.160 e. The summed E-state index contributed by atoms with van der Waals surface area (Å²) >= 11 is 0. The number of aromatic nitrogens is 2. The van der Waals surface area contributed by atoms with Crippen LogP contribution in [0.1, 0.15) is 25.1 Å². The van der Waals surface area contributed by atoms with Crippen molar-refractivity contribution >= 4 is 10.8 Å². The maximum atomic E-state index is 5.39. The minimum atomic E-state index is -0.280. The molecule has 7 aromatic carbocycles. The van der Waals surface area contributed by atoms with Gasteiger partial charge in [0.2, 0.25) is 0 Å². The normalized spacial score (nSPS) is 12.9. The molecule has 0 saturated heterocycles. The Morgan fingerprint density at radius 2 is 0.857 bits per heavy atom. The van der Waals surface area contributed by atoms with Crippen LogP contribution in [0.15, 0.2) is 170 Å². The first-order valence-electron chi connectivity index (χ1n) is 16.9. The van der Waals surface area contributed by atoms with Crippen LogP contribution in [-0.4, -0.2) is 9.97 Å². The molecule has 1 heterocycles. The van der Waals surface area contributed by atoms with Crippen molar-refractivity contribution < 1.29 is 0 Å². The Hall–Kier alpha value is -6.12. The molecule has 0 fully saturated rings. The fourth-order valence-corrected chi connectivity index (χ4v) is 7.40. The second-order valence-corrected chi connectivity index (χ2v) is 13.5. The van der Waals surface area contributed by atoms with Crippen LogP contribution in [0.5, 0.6) is 0 Å². The van der Waals surface area contributed by atoms with Gasteiger partial charge < -0.3 is 0 Å². The monoisotopic (exact) mass is 626 g/mol. The first kappa shape index (κ1) is 29.1.